The summed E-state index contributed by atoms with van der Waals surface area (Å²) in [6, 6.07) is 7.58. The fourth-order valence-corrected chi connectivity index (χ4v) is 3.70. The lowest BCUT2D eigenvalue weighted by Crippen LogP contribution is -2.17. The van der Waals surface area contributed by atoms with Crippen molar-refractivity contribution in [3.05, 3.63) is 29.8 Å². The van der Waals surface area contributed by atoms with Crippen molar-refractivity contribution in [2.24, 2.45) is 0 Å². The van der Waals surface area contributed by atoms with Crippen LogP contribution in [0.1, 0.15) is 95.5 Å². The van der Waals surface area contributed by atoms with Crippen LogP contribution in [0.2, 0.25) is 0 Å². The lowest BCUT2D eigenvalue weighted by molar-refractivity contribution is 0.475. The summed E-state index contributed by atoms with van der Waals surface area (Å²) in [5, 5.41) is 9.27. The molecule has 4 nitrogen and oxygen atoms in total. The standard InChI is InChI=1S/C22H39NO3S/c24-22-18-16-21(17-19-22)15-13-11-9-7-5-3-1-2-4-6-8-10-12-14-20-23-27(25)26/h16-19,23-24H,1-15,20H2,(H,25,26)/p-1. The van der Waals surface area contributed by atoms with Crippen molar-refractivity contribution >= 4 is 11.3 Å². The van der Waals surface area contributed by atoms with Gasteiger partial charge in [-0.2, -0.15) is 0 Å². The molecule has 0 saturated carbocycles. The van der Waals surface area contributed by atoms with Gasteiger partial charge in [-0.1, -0.05) is 89.2 Å². The molecule has 1 aromatic rings. The number of aromatic hydroxyl groups is 1. The zero-order chi connectivity index (χ0) is 19.6. The number of phenolic OH excluding ortho intramolecular Hbond substituents is 1. The molecule has 1 rings (SSSR count). The Bertz CT molecular complexity index is 479. The summed E-state index contributed by atoms with van der Waals surface area (Å²) in [4.78, 5) is 0. The second kappa shape index (κ2) is 17.2. The Morgan fingerprint density at radius 2 is 1.11 bits per heavy atom. The van der Waals surface area contributed by atoms with Gasteiger partial charge in [-0.3, -0.25) is 4.21 Å². The summed E-state index contributed by atoms with van der Waals surface area (Å²) in [6.07, 6.45) is 19.1. The molecule has 1 unspecified atom stereocenters. The van der Waals surface area contributed by atoms with Crippen LogP contribution in [0.15, 0.2) is 24.3 Å². The van der Waals surface area contributed by atoms with E-state index < -0.39 is 11.3 Å². The second-order valence-corrected chi connectivity index (χ2v) is 8.25. The van der Waals surface area contributed by atoms with Gasteiger partial charge in [0.2, 0.25) is 0 Å². The van der Waals surface area contributed by atoms with Crippen LogP contribution in [-0.2, 0) is 17.7 Å². The summed E-state index contributed by atoms with van der Waals surface area (Å²) in [6.45, 7) is 0.576. The van der Waals surface area contributed by atoms with Crippen LogP contribution in [0.25, 0.3) is 0 Å². The van der Waals surface area contributed by atoms with Crippen LogP contribution in [0.4, 0.5) is 0 Å². The molecule has 0 radical (unpaired) electrons. The predicted molar refractivity (Wildman–Crippen MR) is 113 cm³/mol. The third-order valence-electron chi connectivity index (χ3n) is 5.05. The molecule has 2 N–H and O–H groups in total. The number of unbranched alkanes of at least 4 members (excludes halogenated alkanes) is 13. The Kier molecular flexibility index (Phi) is 15.4. The molecule has 0 aliphatic heterocycles. The van der Waals surface area contributed by atoms with Gasteiger partial charge in [0.1, 0.15) is 5.75 Å². The molecule has 0 aliphatic rings. The van der Waals surface area contributed by atoms with E-state index in [0.717, 1.165) is 19.3 Å². The lowest BCUT2D eigenvalue weighted by Gasteiger charge is -2.06. The highest BCUT2D eigenvalue weighted by Crippen LogP contribution is 2.15. The molecule has 0 amide bonds. The van der Waals surface area contributed by atoms with Gasteiger partial charge in [0.05, 0.1) is 0 Å². The van der Waals surface area contributed by atoms with E-state index in [-0.39, 0.29) is 0 Å². The first-order valence-corrected chi connectivity index (χ1v) is 11.9. The highest BCUT2D eigenvalue weighted by molar-refractivity contribution is 7.77. The van der Waals surface area contributed by atoms with Gasteiger partial charge in [-0.05, 0) is 37.0 Å². The second-order valence-electron chi connectivity index (χ2n) is 7.50. The van der Waals surface area contributed by atoms with Crippen molar-refractivity contribution in [2.45, 2.75) is 96.3 Å². The number of rotatable bonds is 18. The molecule has 27 heavy (non-hydrogen) atoms. The summed E-state index contributed by atoms with van der Waals surface area (Å²) < 4.78 is 23.0. The quantitative estimate of drug-likeness (QED) is 0.244. The Morgan fingerprint density at radius 3 is 1.56 bits per heavy atom. The van der Waals surface area contributed by atoms with E-state index in [0.29, 0.717) is 12.3 Å². The third-order valence-corrected chi connectivity index (χ3v) is 5.49. The Hall–Kier alpha value is -0.910. The average Bonchev–Trinajstić information content (AvgIpc) is 2.65. The van der Waals surface area contributed by atoms with Crippen LogP contribution in [0, 0.1) is 0 Å². The molecule has 1 aromatic carbocycles. The van der Waals surface area contributed by atoms with Crippen molar-refractivity contribution in [3.8, 4) is 5.75 Å². The Morgan fingerprint density at radius 1 is 0.704 bits per heavy atom. The van der Waals surface area contributed by atoms with Crippen molar-refractivity contribution in [1.29, 1.82) is 0 Å². The minimum atomic E-state index is -2.10. The summed E-state index contributed by atoms with van der Waals surface area (Å²) >= 11 is -2.10. The number of aryl methyl sites for hydroxylation is 1. The van der Waals surface area contributed by atoms with Gasteiger partial charge in [0, 0.05) is 17.8 Å². The fourth-order valence-electron chi connectivity index (χ4n) is 3.39. The minimum absolute atomic E-state index is 0.350. The molecule has 0 fully saturated rings. The van der Waals surface area contributed by atoms with Gasteiger partial charge in [0.15, 0.2) is 0 Å². The highest BCUT2D eigenvalue weighted by atomic mass is 32.2. The number of benzene rings is 1. The topological polar surface area (TPSA) is 72.4 Å². The maximum Gasteiger partial charge on any atom is 0.115 e. The molecule has 5 heteroatoms. The van der Waals surface area contributed by atoms with Gasteiger partial charge in [0.25, 0.3) is 0 Å². The number of hydrogen-bond acceptors (Lipinski definition) is 3. The summed E-state index contributed by atoms with van der Waals surface area (Å²) in [7, 11) is 0. The molecule has 0 aliphatic carbocycles. The van der Waals surface area contributed by atoms with Gasteiger partial charge in [-0.15, -0.1) is 0 Å². The number of phenols is 1. The maximum absolute atomic E-state index is 10.3. The van der Waals surface area contributed by atoms with E-state index in [1.807, 2.05) is 12.1 Å². The molecule has 0 spiro atoms. The third kappa shape index (κ3) is 15.8. The van der Waals surface area contributed by atoms with Crippen molar-refractivity contribution in [1.82, 2.24) is 4.72 Å². The largest absolute Gasteiger partial charge is 0.760 e. The van der Waals surface area contributed by atoms with Crippen LogP contribution >= 0.6 is 0 Å². The molecular formula is C22H38NO3S-. The number of hydrogen-bond donors (Lipinski definition) is 2. The van der Waals surface area contributed by atoms with Crippen molar-refractivity contribution in [3.63, 3.8) is 0 Å². The van der Waals surface area contributed by atoms with E-state index in [1.165, 1.54) is 82.6 Å². The van der Waals surface area contributed by atoms with E-state index >= 15 is 0 Å². The first kappa shape index (κ1) is 24.1. The van der Waals surface area contributed by atoms with Crippen molar-refractivity contribution < 1.29 is 13.9 Å². The van der Waals surface area contributed by atoms with Gasteiger partial charge in [-0.25, -0.2) is 4.72 Å². The van der Waals surface area contributed by atoms with E-state index in [2.05, 4.69) is 4.72 Å². The molecule has 0 aromatic heterocycles. The summed E-state index contributed by atoms with van der Waals surface area (Å²) in [5.74, 6) is 0.350. The highest BCUT2D eigenvalue weighted by Gasteiger charge is 1.96. The van der Waals surface area contributed by atoms with Gasteiger partial charge >= 0.3 is 0 Å². The molecule has 0 bridgehead atoms. The lowest BCUT2D eigenvalue weighted by atomic mass is 10.0. The fraction of sp³-hybridized carbons (Fsp3) is 0.727. The Balaban J connectivity index is 1.73. The van der Waals surface area contributed by atoms with Gasteiger partial charge < -0.3 is 9.66 Å². The zero-order valence-corrected chi connectivity index (χ0v) is 17.6. The normalized spacial score (nSPS) is 12.3. The van der Waals surface area contributed by atoms with E-state index in [1.54, 1.807) is 12.1 Å². The Labute approximate surface area is 168 Å². The first-order chi connectivity index (χ1) is 13.2. The molecule has 1 atom stereocenters. The van der Waals surface area contributed by atoms with Crippen LogP contribution in [0.3, 0.4) is 0 Å². The molecular weight excluding hydrogens is 358 g/mol. The SMILES string of the molecule is O=S([O-])NCCCCCCCCCCCCCCCCc1ccc(O)cc1. The van der Waals surface area contributed by atoms with Crippen LogP contribution < -0.4 is 4.72 Å². The minimum Gasteiger partial charge on any atom is -0.760 e. The predicted octanol–water partition coefficient (Wildman–Crippen LogP) is 5.78. The molecule has 156 valence electrons. The van der Waals surface area contributed by atoms with E-state index in [4.69, 9.17) is 0 Å². The zero-order valence-electron chi connectivity index (χ0n) is 16.8. The van der Waals surface area contributed by atoms with E-state index in [9.17, 15) is 13.9 Å². The average molecular weight is 397 g/mol. The van der Waals surface area contributed by atoms with Crippen molar-refractivity contribution in [2.75, 3.05) is 6.54 Å². The summed E-state index contributed by atoms with van der Waals surface area (Å²) in [5.41, 5.74) is 1.32. The first-order valence-electron chi connectivity index (χ1n) is 10.8. The smallest absolute Gasteiger partial charge is 0.115 e. The molecule has 0 saturated heterocycles. The number of nitrogens with one attached hydrogen (secondary N) is 1. The monoisotopic (exact) mass is 396 g/mol. The molecule has 0 heterocycles. The maximum atomic E-state index is 10.3. The van der Waals surface area contributed by atoms with Crippen LogP contribution in [0.5, 0.6) is 5.75 Å². The van der Waals surface area contributed by atoms with Crippen LogP contribution in [-0.4, -0.2) is 20.4 Å².